The highest BCUT2D eigenvalue weighted by atomic mass is 35.5. The van der Waals surface area contributed by atoms with Gasteiger partial charge < -0.3 is 14.9 Å². The molecule has 0 aliphatic rings. The topological polar surface area (TPSA) is 84.6 Å². The number of ether oxygens (including phenoxy) is 1. The van der Waals surface area contributed by atoms with Crippen LogP contribution in [0.25, 0.3) is 0 Å². The summed E-state index contributed by atoms with van der Waals surface area (Å²) in [5.41, 5.74) is -1.40. The lowest BCUT2D eigenvalue weighted by Crippen LogP contribution is -2.44. The number of carboxylic acid groups (broad SMARTS) is 1. The fraction of sp³-hybridized carbons (Fsp3) is 0.333. The van der Waals surface area contributed by atoms with E-state index in [1.165, 1.54) is 30.9 Å². The lowest BCUT2D eigenvalue weighted by Gasteiger charge is -2.33. The van der Waals surface area contributed by atoms with Crippen molar-refractivity contribution in [3.8, 4) is 5.75 Å². The molecule has 2 unspecified atom stereocenters. The quantitative estimate of drug-likeness (QED) is 0.853. The van der Waals surface area contributed by atoms with Gasteiger partial charge in [0, 0.05) is 17.4 Å². The van der Waals surface area contributed by atoms with Gasteiger partial charge in [-0.25, -0.2) is 4.98 Å². The zero-order valence-electron chi connectivity index (χ0n) is 12.2. The molecule has 0 radical (unpaired) electrons. The Morgan fingerprint density at radius 1 is 1.36 bits per heavy atom. The smallest absolute Gasteiger partial charge is 0.311 e. The van der Waals surface area contributed by atoms with Gasteiger partial charge in [0.2, 0.25) is 6.23 Å². The maximum Gasteiger partial charge on any atom is 0.311 e. The molecule has 0 bridgehead atoms. The number of benzene rings is 1. The van der Waals surface area contributed by atoms with Crippen LogP contribution in [0.1, 0.15) is 20.1 Å². The van der Waals surface area contributed by atoms with Crippen LogP contribution in [0.2, 0.25) is 5.02 Å². The average molecular weight is 325 g/mol. The minimum absolute atomic E-state index is 0.461. The number of aliphatic carboxylic acids is 1. The second-order valence-corrected chi connectivity index (χ2v) is 5.88. The predicted octanol–water partition coefficient (Wildman–Crippen LogP) is 2.59. The number of halogens is 1. The number of hydrogen-bond donors (Lipinski definition) is 2. The fourth-order valence-corrected chi connectivity index (χ4v) is 1.97. The first-order chi connectivity index (χ1) is 10.3. The Hall–Kier alpha value is -2.05. The van der Waals surface area contributed by atoms with Crippen molar-refractivity contribution < 1.29 is 19.7 Å². The molecule has 2 rings (SSSR count). The Morgan fingerprint density at radius 3 is 2.50 bits per heavy atom. The summed E-state index contributed by atoms with van der Waals surface area (Å²) in [7, 11) is 0. The first-order valence-electron chi connectivity index (χ1n) is 6.63. The van der Waals surface area contributed by atoms with Gasteiger partial charge in [0.05, 0.1) is 11.7 Å². The molecule has 7 heteroatoms. The monoisotopic (exact) mass is 324 g/mol. The Morgan fingerprint density at radius 2 is 2.00 bits per heavy atom. The Labute approximate surface area is 132 Å². The van der Waals surface area contributed by atoms with Gasteiger partial charge >= 0.3 is 5.97 Å². The van der Waals surface area contributed by atoms with Gasteiger partial charge in [-0.1, -0.05) is 11.6 Å². The van der Waals surface area contributed by atoms with Crippen LogP contribution in [0.4, 0.5) is 0 Å². The molecule has 0 aliphatic heterocycles. The molecular weight excluding hydrogens is 308 g/mol. The van der Waals surface area contributed by atoms with Crippen LogP contribution in [-0.2, 0) is 4.79 Å². The average Bonchev–Trinajstić information content (AvgIpc) is 2.99. The van der Waals surface area contributed by atoms with E-state index in [-0.39, 0.29) is 0 Å². The molecule has 0 amide bonds. The Bertz CT molecular complexity index is 626. The molecule has 1 aromatic carbocycles. The van der Waals surface area contributed by atoms with E-state index >= 15 is 0 Å². The van der Waals surface area contributed by atoms with Crippen LogP contribution < -0.4 is 4.74 Å². The number of aromatic nitrogens is 2. The number of aliphatic hydroxyl groups is 1. The van der Waals surface area contributed by atoms with Crippen molar-refractivity contribution in [2.75, 3.05) is 0 Å². The molecule has 1 aromatic heterocycles. The van der Waals surface area contributed by atoms with Gasteiger partial charge in [-0.05, 0) is 38.1 Å². The number of aliphatic hydroxyl groups excluding tert-OH is 1. The van der Waals surface area contributed by atoms with E-state index in [0.717, 1.165) is 0 Å². The van der Waals surface area contributed by atoms with E-state index in [4.69, 9.17) is 16.3 Å². The van der Waals surface area contributed by atoms with E-state index in [2.05, 4.69) is 4.98 Å². The van der Waals surface area contributed by atoms with Gasteiger partial charge in [0.15, 0.2) is 0 Å². The molecular formula is C15H17ClN2O4. The third-order valence-electron chi connectivity index (χ3n) is 3.45. The number of nitrogens with zero attached hydrogens (tertiary/aromatic N) is 2. The van der Waals surface area contributed by atoms with Crippen LogP contribution in [0, 0.1) is 5.41 Å². The summed E-state index contributed by atoms with van der Waals surface area (Å²) in [5.74, 6) is -0.659. The van der Waals surface area contributed by atoms with Crippen molar-refractivity contribution in [1.82, 2.24) is 9.55 Å². The number of carboxylic acids is 1. The number of imidazole rings is 1. The van der Waals surface area contributed by atoms with Crippen molar-refractivity contribution in [2.45, 2.75) is 26.2 Å². The molecule has 6 nitrogen and oxygen atoms in total. The summed E-state index contributed by atoms with van der Waals surface area (Å²) < 4.78 is 7.28. The largest absolute Gasteiger partial charge is 0.481 e. The van der Waals surface area contributed by atoms with Crippen LogP contribution >= 0.6 is 11.6 Å². The SMILES string of the molecule is CC(C)(C(=O)O)C(O)C(Oc1ccc(Cl)cc1)n1ccnc1. The van der Waals surface area contributed by atoms with Crippen molar-refractivity contribution in [2.24, 2.45) is 5.41 Å². The van der Waals surface area contributed by atoms with Crippen LogP contribution in [0.15, 0.2) is 43.0 Å². The second-order valence-electron chi connectivity index (χ2n) is 5.44. The fourth-order valence-electron chi connectivity index (χ4n) is 1.84. The summed E-state index contributed by atoms with van der Waals surface area (Å²) >= 11 is 5.83. The maximum atomic E-state index is 11.4. The maximum absolute atomic E-state index is 11.4. The highest BCUT2D eigenvalue weighted by Crippen LogP contribution is 2.31. The van der Waals surface area contributed by atoms with Crippen molar-refractivity contribution >= 4 is 17.6 Å². The summed E-state index contributed by atoms with van der Waals surface area (Å²) in [4.78, 5) is 15.3. The highest BCUT2D eigenvalue weighted by molar-refractivity contribution is 6.30. The van der Waals surface area contributed by atoms with Crippen LogP contribution in [0.3, 0.4) is 0 Å². The van der Waals surface area contributed by atoms with E-state index in [0.29, 0.717) is 10.8 Å². The summed E-state index contributed by atoms with van der Waals surface area (Å²) in [6.45, 7) is 2.88. The van der Waals surface area contributed by atoms with Crippen molar-refractivity contribution in [1.29, 1.82) is 0 Å². The van der Waals surface area contributed by atoms with E-state index in [1.807, 2.05) is 0 Å². The lowest BCUT2D eigenvalue weighted by atomic mass is 9.85. The van der Waals surface area contributed by atoms with Crippen molar-refractivity contribution in [3.05, 3.63) is 48.0 Å². The predicted molar refractivity (Wildman–Crippen MR) is 80.8 cm³/mol. The molecule has 0 fully saturated rings. The van der Waals surface area contributed by atoms with Gasteiger partial charge in [0.25, 0.3) is 0 Å². The van der Waals surface area contributed by atoms with E-state index in [9.17, 15) is 15.0 Å². The van der Waals surface area contributed by atoms with Gasteiger partial charge in [-0.15, -0.1) is 0 Å². The number of hydrogen-bond acceptors (Lipinski definition) is 4. The van der Waals surface area contributed by atoms with Crippen LogP contribution in [-0.4, -0.2) is 31.8 Å². The third-order valence-corrected chi connectivity index (χ3v) is 3.70. The molecule has 22 heavy (non-hydrogen) atoms. The first kappa shape index (κ1) is 16.3. The molecule has 2 atom stereocenters. The number of rotatable bonds is 6. The standard InChI is InChI=1S/C15H17ClN2O4/c1-15(2,14(20)21)12(19)13(18-8-7-17-9-18)22-11-5-3-10(16)4-6-11/h3-9,12-13,19H,1-2H3,(H,20,21). The van der Waals surface area contributed by atoms with E-state index < -0.39 is 23.7 Å². The van der Waals surface area contributed by atoms with E-state index in [1.54, 1.807) is 30.5 Å². The first-order valence-corrected chi connectivity index (χ1v) is 7.01. The summed E-state index contributed by atoms with van der Waals surface area (Å²) in [6, 6.07) is 6.59. The zero-order chi connectivity index (χ0) is 16.3. The normalized spacial score (nSPS) is 14.4. The lowest BCUT2D eigenvalue weighted by molar-refractivity contribution is -0.161. The summed E-state index contributed by atoms with van der Waals surface area (Å²) in [5, 5.41) is 20.4. The zero-order valence-corrected chi connectivity index (χ0v) is 12.9. The molecule has 0 spiro atoms. The highest BCUT2D eigenvalue weighted by Gasteiger charge is 2.42. The molecule has 2 N–H and O–H groups in total. The molecule has 118 valence electrons. The molecule has 0 aliphatic carbocycles. The van der Waals surface area contributed by atoms with Crippen molar-refractivity contribution in [3.63, 3.8) is 0 Å². The molecule has 0 saturated carbocycles. The number of carbonyl (C=O) groups is 1. The van der Waals surface area contributed by atoms with Gasteiger partial charge in [-0.3, -0.25) is 9.36 Å². The second kappa shape index (κ2) is 6.37. The van der Waals surface area contributed by atoms with Crippen LogP contribution in [0.5, 0.6) is 5.75 Å². The van der Waals surface area contributed by atoms with Gasteiger partial charge in [0.1, 0.15) is 11.9 Å². The Kier molecular flexibility index (Phi) is 4.73. The third kappa shape index (κ3) is 3.40. The minimum atomic E-state index is -1.40. The molecule has 0 saturated heterocycles. The minimum Gasteiger partial charge on any atom is -0.481 e. The molecule has 2 aromatic rings. The Balaban J connectivity index is 2.31. The molecule has 1 heterocycles. The van der Waals surface area contributed by atoms with Gasteiger partial charge in [-0.2, -0.15) is 0 Å². The summed E-state index contributed by atoms with van der Waals surface area (Å²) in [6.07, 6.45) is 2.35.